The summed E-state index contributed by atoms with van der Waals surface area (Å²) >= 11 is 2.05. The average Bonchev–Trinajstić information content (AvgIpc) is 2.31. The zero-order chi connectivity index (χ0) is 11.3. The van der Waals surface area contributed by atoms with Crippen LogP contribution in [-0.4, -0.2) is 43.0 Å². The highest BCUT2D eigenvalue weighted by molar-refractivity contribution is 7.99. The Morgan fingerprint density at radius 2 is 2.19 bits per heavy atom. The van der Waals surface area contributed by atoms with Crippen molar-refractivity contribution >= 4 is 11.8 Å². The first-order valence-corrected chi connectivity index (χ1v) is 7.53. The minimum absolute atomic E-state index is 0.150. The molecule has 0 aromatic carbocycles. The van der Waals surface area contributed by atoms with Crippen molar-refractivity contribution in [2.45, 2.75) is 43.8 Å². The summed E-state index contributed by atoms with van der Waals surface area (Å²) in [7, 11) is 0. The van der Waals surface area contributed by atoms with E-state index in [1.807, 2.05) is 11.8 Å². The van der Waals surface area contributed by atoms with E-state index in [9.17, 15) is 0 Å². The van der Waals surface area contributed by atoms with Crippen molar-refractivity contribution in [3.63, 3.8) is 0 Å². The lowest BCUT2D eigenvalue weighted by molar-refractivity contribution is -0.137. The molecule has 1 unspecified atom stereocenters. The summed E-state index contributed by atoms with van der Waals surface area (Å²) in [5, 5.41) is 0. The Labute approximate surface area is 102 Å². The Hall–Kier alpha value is 0.230. The highest BCUT2D eigenvalue weighted by Gasteiger charge is 2.38. The second-order valence-corrected chi connectivity index (χ2v) is 6.00. The van der Waals surface area contributed by atoms with Crippen molar-refractivity contribution in [3.05, 3.63) is 0 Å². The molecule has 0 saturated carbocycles. The number of hydrogen-bond donors (Lipinski definition) is 1. The summed E-state index contributed by atoms with van der Waals surface area (Å²) in [5.74, 6) is 2.49. The Bertz CT molecular complexity index is 202. The minimum atomic E-state index is 0.150. The van der Waals surface area contributed by atoms with E-state index in [0.717, 1.165) is 39.0 Å². The minimum Gasteiger partial charge on any atom is -0.378 e. The molecule has 2 fully saturated rings. The van der Waals surface area contributed by atoms with Gasteiger partial charge in [-0.1, -0.05) is 0 Å². The van der Waals surface area contributed by atoms with E-state index in [4.69, 9.17) is 15.2 Å². The summed E-state index contributed by atoms with van der Waals surface area (Å²) in [4.78, 5) is 0. The van der Waals surface area contributed by atoms with Gasteiger partial charge in [0.15, 0.2) is 0 Å². The van der Waals surface area contributed by atoms with E-state index in [-0.39, 0.29) is 5.60 Å². The van der Waals surface area contributed by atoms with Gasteiger partial charge in [-0.05, 0) is 43.7 Å². The van der Waals surface area contributed by atoms with E-state index in [0.29, 0.717) is 6.10 Å². The predicted molar refractivity (Wildman–Crippen MR) is 67.9 cm³/mol. The summed E-state index contributed by atoms with van der Waals surface area (Å²) < 4.78 is 11.9. The summed E-state index contributed by atoms with van der Waals surface area (Å²) in [5.41, 5.74) is 5.62. The first-order valence-electron chi connectivity index (χ1n) is 6.38. The number of thioether (sulfide) groups is 1. The smallest absolute Gasteiger partial charge is 0.0723 e. The van der Waals surface area contributed by atoms with Crippen LogP contribution in [0.3, 0.4) is 0 Å². The zero-order valence-corrected chi connectivity index (χ0v) is 10.8. The molecular formula is C12H23NO2S. The molecule has 2 heterocycles. The number of rotatable bonds is 4. The summed E-state index contributed by atoms with van der Waals surface area (Å²) in [6.07, 6.45) is 5.93. The molecule has 2 saturated heterocycles. The third-order valence-corrected chi connectivity index (χ3v) is 4.54. The molecule has 0 radical (unpaired) electrons. The van der Waals surface area contributed by atoms with Crippen molar-refractivity contribution in [2.24, 2.45) is 5.73 Å². The van der Waals surface area contributed by atoms with Crippen LogP contribution in [0.1, 0.15) is 32.1 Å². The van der Waals surface area contributed by atoms with Crippen LogP contribution in [0.5, 0.6) is 0 Å². The molecule has 0 aromatic rings. The molecule has 0 amide bonds. The van der Waals surface area contributed by atoms with Crippen molar-refractivity contribution in [3.8, 4) is 0 Å². The third kappa shape index (κ3) is 3.36. The van der Waals surface area contributed by atoms with Crippen molar-refractivity contribution < 1.29 is 9.47 Å². The molecule has 1 spiro atoms. The lowest BCUT2D eigenvalue weighted by Gasteiger charge is -2.43. The molecule has 0 bridgehead atoms. The number of hydrogen-bond acceptors (Lipinski definition) is 4. The van der Waals surface area contributed by atoms with Crippen LogP contribution in [-0.2, 0) is 9.47 Å². The molecule has 2 N–H and O–H groups in total. The number of nitrogens with two attached hydrogens (primary N) is 1. The van der Waals surface area contributed by atoms with Crippen LogP contribution in [0, 0.1) is 0 Å². The van der Waals surface area contributed by atoms with Gasteiger partial charge in [-0.3, -0.25) is 0 Å². The van der Waals surface area contributed by atoms with Gasteiger partial charge in [-0.2, -0.15) is 11.8 Å². The Balaban J connectivity index is 1.78. The molecule has 0 aliphatic carbocycles. The topological polar surface area (TPSA) is 44.5 Å². The number of ether oxygens (including phenoxy) is 2. The maximum atomic E-state index is 6.02. The third-order valence-electron chi connectivity index (χ3n) is 3.55. The van der Waals surface area contributed by atoms with Gasteiger partial charge in [0.2, 0.25) is 0 Å². The first-order chi connectivity index (χ1) is 7.85. The van der Waals surface area contributed by atoms with Gasteiger partial charge in [0.1, 0.15) is 0 Å². The summed E-state index contributed by atoms with van der Waals surface area (Å²) in [6.45, 7) is 2.41. The summed E-state index contributed by atoms with van der Waals surface area (Å²) in [6, 6.07) is 0. The van der Waals surface area contributed by atoms with Gasteiger partial charge in [0.25, 0.3) is 0 Å². The average molecular weight is 245 g/mol. The molecular weight excluding hydrogens is 222 g/mol. The van der Waals surface area contributed by atoms with E-state index in [2.05, 4.69) is 0 Å². The van der Waals surface area contributed by atoms with Crippen molar-refractivity contribution in [1.29, 1.82) is 0 Å². The van der Waals surface area contributed by atoms with Gasteiger partial charge in [-0.15, -0.1) is 0 Å². The Morgan fingerprint density at radius 1 is 1.38 bits per heavy atom. The van der Waals surface area contributed by atoms with Crippen LogP contribution in [0.2, 0.25) is 0 Å². The SMILES string of the molecule is NCCCOC1CCOC2(CCSCC2)C1. The second kappa shape index (κ2) is 6.24. The van der Waals surface area contributed by atoms with Gasteiger partial charge in [0, 0.05) is 19.6 Å². The Morgan fingerprint density at radius 3 is 2.94 bits per heavy atom. The normalized spacial score (nSPS) is 29.4. The largest absolute Gasteiger partial charge is 0.378 e. The molecule has 16 heavy (non-hydrogen) atoms. The van der Waals surface area contributed by atoms with Gasteiger partial charge < -0.3 is 15.2 Å². The van der Waals surface area contributed by atoms with E-state index in [1.165, 1.54) is 24.3 Å². The van der Waals surface area contributed by atoms with Gasteiger partial charge in [-0.25, -0.2) is 0 Å². The van der Waals surface area contributed by atoms with Crippen LogP contribution in [0.4, 0.5) is 0 Å². The monoisotopic (exact) mass is 245 g/mol. The molecule has 94 valence electrons. The maximum Gasteiger partial charge on any atom is 0.0723 e. The molecule has 2 aliphatic rings. The molecule has 2 aliphatic heterocycles. The lowest BCUT2D eigenvalue weighted by Crippen LogP contribution is -2.45. The van der Waals surface area contributed by atoms with Crippen LogP contribution < -0.4 is 5.73 Å². The zero-order valence-electron chi connectivity index (χ0n) is 9.95. The standard InChI is InChI=1S/C12H23NO2S/c13-5-1-6-14-11-2-7-15-12(10-11)3-8-16-9-4-12/h11H,1-10,13H2. The maximum absolute atomic E-state index is 6.02. The van der Waals surface area contributed by atoms with Crippen LogP contribution in [0.15, 0.2) is 0 Å². The predicted octanol–water partition coefficient (Wildman–Crippen LogP) is 1.80. The second-order valence-electron chi connectivity index (χ2n) is 4.77. The fourth-order valence-corrected chi connectivity index (χ4v) is 3.79. The van der Waals surface area contributed by atoms with E-state index >= 15 is 0 Å². The van der Waals surface area contributed by atoms with Gasteiger partial charge in [0.05, 0.1) is 11.7 Å². The molecule has 1 atom stereocenters. The molecule has 4 heteroatoms. The van der Waals surface area contributed by atoms with Crippen LogP contribution in [0.25, 0.3) is 0 Å². The lowest BCUT2D eigenvalue weighted by atomic mass is 9.86. The quantitative estimate of drug-likeness (QED) is 0.767. The highest BCUT2D eigenvalue weighted by atomic mass is 32.2. The molecule has 2 rings (SSSR count). The van der Waals surface area contributed by atoms with Crippen molar-refractivity contribution in [2.75, 3.05) is 31.3 Å². The Kier molecular flexibility index (Phi) is 4.95. The van der Waals surface area contributed by atoms with Gasteiger partial charge >= 0.3 is 0 Å². The molecule has 3 nitrogen and oxygen atoms in total. The highest BCUT2D eigenvalue weighted by Crippen LogP contribution is 2.38. The molecule has 0 aromatic heterocycles. The first kappa shape index (κ1) is 12.7. The van der Waals surface area contributed by atoms with Crippen LogP contribution >= 0.6 is 11.8 Å². The van der Waals surface area contributed by atoms with E-state index < -0.39 is 0 Å². The fraction of sp³-hybridized carbons (Fsp3) is 1.00. The van der Waals surface area contributed by atoms with E-state index in [1.54, 1.807) is 0 Å². The van der Waals surface area contributed by atoms with Crippen molar-refractivity contribution in [1.82, 2.24) is 0 Å². The fourth-order valence-electron chi connectivity index (χ4n) is 2.55.